The number of para-hydroxylation sites is 1. The minimum atomic E-state index is -0.657. The number of rotatable bonds is 5. The topological polar surface area (TPSA) is 16.4 Å². The van der Waals surface area contributed by atoms with Gasteiger partial charge in [0, 0.05) is 5.39 Å². The van der Waals surface area contributed by atoms with Crippen molar-refractivity contribution in [2.24, 2.45) is 0 Å². The van der Waals surface area contributed by atoms with E-state index in [1.807, 2.05) is 0 Å². The van der Waals surface area contributed by atoms with E-state index in [2.05, 4.69) is 241 Å². The van der Waals surface area contributed by atoms with Crippen molar-refractivity contribution in [2.45, 2.75) is 5.41 Å². The first-order valence-corrected chi connectivity index (χ1v) is 21.8. The fourth-order valence-electron chi connectivity index (χ4n) is 10.9. The quantitative estimate of drug-likeness (QED) is 0.172. The van der Waals surface area contributed by atoms with Crippen LogP contribution in [0.3, 0.4) is 0 Å². The van der Waals surface area contributed by atoms with Crippen LogP contribution in [0.25, 0.3) is 77.6 Å². The molecule has 0 radical (unpaired) electrons. The normalized spacial score (nSPS) is 13.2. The Morgan fingerprint density at radius 2 is 0.714 bits per heavy atom. The maximum absolute atomic E-state index is 6.58. The average molecular weight is 802 g/mol. The van der Waals surface area contributed by atoms with E-state index in [0.717, 1.165) is 39.0 Å². The lowest BCUT2D eigenvalue weighted by Gasteiger charge is -2.45. The van der Waals surface area contributed by atoms with Gasteiger partial charge in [-0.15, -0.1) is 0 Å². The van der Waals surface area contributed by atoms with Gasteiger partial charge in [-0.3, -0.25) is 0 Å². The number of fused-ring (bicyclic) bond motifs is 12. The van der Waals surface area contributed by atoms with Crippen molar-refractivity contribution < 1.29 is 4.42 Å². The van der Waals surface area contributed by atoms with Crippen molar-refractivity contribution in [3.8, 4) is 55.6 Å². The van der Waals surface area contributed by atoms with Gasteiger partial charge in [-0.25, -0.2) is 0 Å². The zero-order valence-corrected chi connectivity index (χ0v) is 34.4. The van der Waals surface area contributed by atoms with E-state index >= 15 is 0 Å². The van der Waals surface area contributed by atoms with E-state index in [1.54, 1.807) is 0 Å². The highest BCUT2D eigenvalue weighted by Gasteiger charge is 2.52. The third kappa shape index (κ3) is 5.19. The monoisotopic (exact) mass is 801 g/mol. The molecule has 1 aliphatic heterocycles. The molecule has 2 heteroatoms. The van der Waals surface area contributed by atoms with Gasteiger partial charge in [0.05, 0.1) is 27.9 Å². The number of hydrogen-bond acceptors (Lipinski definition) is 2. The Labute approximate surface area is 366 Å². The fourth-order valence-corrected chi connectivity index (χ4v) is 10.9. The van der Waals surface area contributed by atoms with Gasteiger partial charge in [0.2, 0.25) is 0 Å². The molecule has 11 aromatic rings. The van der Waals surface area contributed by atoms with Gasteiger partial charge < -0.3 is 9.32 Å². The summed E-state index contributed by atoms with van der Waals surface area (Å²) in [6.45, 7) is 0. The number of anilines is 3. The van der Waals surface area contributed by atoms with Crippen molar-refractivity contribution in [1.29, 1.82) is 0 Å². The van der Waals surface area contributed by atoms with E-state index in [0.29, 0.717) is 0 Å². The molecule has 63 heavy (non-hydrogen) atoms. The molecular weight excluding hydrogens is 763 g/mol. The lowest BCUT2D eigenvalue weighted by atomic mass is 9.63. The van der Waals surface area contributed by atoms with Crippen molar-refractivity contribution >= 4 is 39.0 Å². The summed E-state index contributed by atoms with van der Waals surface area (Å²) in [5, 5.41) is 2.20. The maximum atomic E-state index is 6.58. The highest BCUT2D eigenvalue weighted by molar-refractivity contribution is 6.14. The number of benzene rings is 10. The van der Waals surface area contributed by atoms with Crippen molar-refractivity contribution in [3.05, 3.63) is 259 Å². The van der Waals surface area contributed by atoms with E-state index < -0.39 is 5.41 Å². The molecule has 294 valence electrons. The van der Waals surface area contributed by atoms with E-state index in [-0.39, 0.29) is 0 Å². The molecule has 0 N–H and O–H groups in total. The standard InChI is InChI=1S/C61H39NO/c1-3-18-40(19-4-1)44-22-7-9-24-46(44)42-34-36-55-53(38-42)61(51-29-14-11-26-48(51)49-27-12-15-30-52(49)61)54-39-43(47-25-10-8-23-45(47)41-20-5-2-6-21-41)35-37-56(54)62(55)57-31-17-33-59-60(57)50-28-13-16-32-58(50)63-59/h1-39H. The second-order valence-corrected chi connectivity index (χ2v) is 16.7. The molecule has 0 saturated heterocycles. The van der Waals surface area contributed by atoms with Crippen molar-refractivity contribution in [1.82, 2.24) is 0 Å². The number of hydrogen-bond donors (Lipinski definition) is 0. The predicted molar refractivity (Wildman–Crippen MR) is 261 cm³/mol. The van der Waals surface area contributed by atoms with Crippen LogP contribution < -0.4 is 4.90 Å². The lowest BCUT2D eigenvalue weighted by molar-refractivity contribution is 0.669. The van der Waals surface area contributed by atoms with Crippen molar-refractivity contribution in [3.63, 3.8) is 0 Å². The summed E-state index contributed by atoms with van der Waals surface area (Å²) in [6.07, 6.45) is 0. The van der Waals surface area contributed by atoms with Gasteiger partial charge >= 0.3 is 0 Å². The molecule has 0 bridgehead atoms. The van der Waals surface area contributed by atoms with Gasteiger partial charge in [0.1, 0.15) is 11.2 Å². The van der Waals surface area contributed by atoms with Gasteiger partial charge in [-0.05, 0) is 120 Å². The first-order valence-electron chi connectivity index (χ1n) is 21.8. The first kappa shape index (κ1) is 35.5. The molecule has 10 aromatic carbocycles. The average Bonchev–Trinajstić information content (AvgIpc) is 3.89. The van der Waals surface area contributed by atoms with Crippen molar-refractivity contribution in [2.75, 3.05) is 4.90 Å². The van der Waals surface area contributed by atoms with Crippen LogP contribution in [0.15, 0.2) is 241 Å². The molecule has 0 unspecified atom stereocenters. The van der Waals surface area contributed by atoms with Crippen LogP contribution in [0.2, 0.25) is 0 Å². The number of furan rings is 1. The zero-order valence-electron chi connectivity index (χ0n) is 34.4. The SMILES string of the molecule is c1ccc(-c2ccccc2-c2ccc3c(c2)C2(c4ccccc4-c4ccccc42)c2cc(-c4ccccc4-c4ccccc4)ccc2N3c2cccc3oc4ccccc4c23)cc1. The largest absolute Gasteiger partial charge is 0.456 e. The van der Waals surface area contributed by atoms with E-state index in [9.17, 15) is 0 Å². The summed E-state index contributed by atoms with van der Waals surface area (Å²) in [5.41, 5.74) is 21.7. The Bertz CT molecular complexity index is 3400. The molecule has 0 amide bonds. The van der Waals surface area contributed by atoms with E-state index in [1.165, 1.54) is 77.9 Å². The molecule has 1 aliphatic carbocycles. The van der Waals surface area contributed by atoms with Crippen LogP contribution in [0.5, 0.6) is 0 Å². The molecule has 2 aliphatic rings. The molecule has 0 atom stereocenters. The molecule has 1 spiro atoms. The second-order valence-electron chi connectivity index (χ2n) is 16.7. The minimum absolute atomic E-state index is 0.657. The van der Waals surface area contributed by atoms with Gasteiger partial charge in [-0.2, -0.15) is 0 Å². The maximum Gasteiger partial charge on any atom is 0.137 e. The molecule has 0 fully saturated rings. The summed E-state index contributed by atoms with van der Waals surface area (Å²) in [7, 11) is 0. The van der Waals surface area contributed by atoms with Crippen LogP contribution in [0.4, 0.5) is 17.1 Å². The fraction of sp³-hybridized carbons (Fsp3) is 0.0164. The zero-order chi connectivity index (χ0) is 41.5. The Kier molecular flexibility index (Phi) is 7.85. The Morgan fingerprint density at radius 3 is 1.25 bits per heavy atom. The molecular formula is C61H39NO. The molecule has 2 nitrogen and oxygen atoms in total. The summed E-state index contributed by atoms with van der Waals surface area (Å²) in [6, 6.07) is 86.8. The third-order valence-corrected chi connectivity index (χ3v) is 13.5. The number of nitrogens with zero attached hydrogens (tertiary/aromatic N) is 1. The van der Waals surface area contributed by atoms with Crippen LogP contribution in [0.1, 0.15) is 22.3 Å². The molecule has 0 saturated carbocycles. The Morgan fingerprint density at radius 1 is 0.286 bits per heavy atom. The van der Waals surface area contributed by atoms with Crippen LogP contribution in [-0.2, 0) is 5.41 Å². The predicted octanol–water partition coefficient (Wildman–Crippen LogP) is 16.4. The van der Waals surface area contributed by atoms with Gasteiger partial charge in [0.15, 0.2) is 0 Å². The van der Waals surface area contributed by atoms with Gasteiger partial charge in [-0.1, -0.05) is 194 Å². The second kappa shape index (κ2) is 13.9. The summed E-state index contributed by atoms with van der Waals surface area (Å²) < 4.78 is 6.58. The summed E-state index contributed by atoms with van der Waals surface area (Å²) >= 11 is 0. The highest BCUT2D eigenvalue weighted by atomic mass is 16.3. The van der Waals surface area contributed by atoms with E-state index in [4.69, 9.17) is 4.42 Å². The molecule has 1 aromatic heterocycles. The summed E-state index contributed by atoms with van der Waals surface area (Å²) in [5.74, 6) is 0. The van der Waals surface area contributed by atoms with Crippen LogP contribution >= 0.6 is 0 Å². The van der Waals surface area contributed by atoms with Crippen LogP contribution in [-0.4, -0.2) is 0 Å². The third-order valence-electron chi connectivity index (χ3n) is 13.5. The Balaban J connectivity index is 1.17. The van der Waals surface area contributed by atoms with Gasteiger partial charge in [0.25, 0.3) is 0 Å². The lowest BCUT2D eigenvalue weighted by Crippen LogP contribution is -2.36. The smallest absolute Gasteiger partial charge is 0.137 e. The van der Waals surface area contributed by atoms with Crippen LogP contribution in [0, 0.1) is 0 Å². The Hall–Kier alpha value is -8.20. The molecule has 13 rings (SSSR count). The minimum Gasteiger partial charge on any atom is -0.456 e. The summed E-state index contributed by atoms with van der Waals surface area (Å²) in [4.78, 5) is 2.52. The first-order chi connectivity index (χ1) is 31.3. The highest BCUT2D eigenvalue weighted by Crippen LogP contribution is 2.65. The molecule has 2 heterocycles.